The summed E-state index contributed by atoms with van der Waals surface area (Å²) in [5.74, 6) is 0.593. The molecule has 0 unspecified atom stereocenters. The Kier molecular flexibility index (Phi) is 4.36. The summed E-state index contributed by atoms with van der Waals surface area (Å²) in [4.78, 5) is 12.2. The number of anilines is 2. The maximum atomic E-state index is 12.3. The number of amides is 2. The van der Waals surface area contributed by atoms with E-state index in [-0.39, 0.29) is 12.1 Å². The van der Waals surface area contributed by atoms with E-state index in [2.05, 4.69) is 15.7 Å². The average Bonchev–Trinajstić information content (AvgIpc) is 3.05. The first-order valence-corrected chi connectivity index (χ1v) is 7.92. The van der Waals surface area contributed by atoms with Crippen molar-refractivity contribution in [2.75, 3.05) is 17.3 Å². The molecule has 0 spiro atoms. The van der Waals surface area contributed by atoms with Gasteiger partial charge in [0.25, 0.3) is 0 Å². The van der Waals surface area contributed by atoms with Crippen molar-refractivity contribution in [3.8, 4) is 5.75 Å². The van der Waals surface area contributed by atoms with Gasteiger partial charge in [0.1, 0.15) is 23.7 Å². The number of urea groups is 1. The Hall–Kier alpha value is -2.28. The number of halogens is 2. The minimum atomic E-state index is -0.522. The molecule has 0 aliphatic carbocycles. The fourth-order valence-corrected chi connectivity index (χ4v) is 2.85. The predicted molar refractivity (Wildman–Crippen MR) is 90.7 cm³/mol. The Bertz CT molecular complexity index is 775. The van der Waals surface area contributed by atoms with Crippen LogP contribution in [0, 0.1) is 0 Å². The summed E-state index contributed by atoms with van der Waals surface area (Å²) in [5, 5.41) is 9.70. The molecule has 6 nitrogen and oxygen atoms in total. The van der Waals surface area contributed by atoms with Gasteiger partial charge in [0.15, 0.2) is 0 Å². The lowest BCUT2D eigenvalue weighted by atomic mass is 10.0. The van der Waals surface area contributed by atoms with Crippen LogP contribution < -0.4 is 15.4 Å². The number of nitrogens with zero attached hydrogens (tertiary/aromatic N) is 2. The molecule has 0 saturated carbocycles. The molecule has 0 fully saturated rings. The van der Waals surface area contributed by atoms with Crippen molar-refractivity contribution in [2.45, 2.75) is 32.4 Å². The van der Waals surface area contributed by atoms with Crippen LogP contribution in [0.2, 0.25) is 5.02 Å². The van der Waals surface area contributed by atoms with E-state index >= 15 is 0 Å². The van der Waals surface area contributed by atoms with E-state index in [4.69, 9.17) is 16.3 Å². The number of carbonyl (C=O) groups is 1. The second kappa shape index (κ2) is 6.32. The van der Waals surface area contributed by atoms with E-state index in [9.17, 15) is 9.18 Å². The van der Waals surface area contributed by atoms with E-state index in [1.54, 1.807) is 12.3 Å². The molecule has 3 rings (SSSR count). The third-order valence-electron chi connectivity index (χ3n) is 3.63. The number of alkyl halides is 1. The molecular weight excluding hydrogens is 335 g/mol. The molecule has 1 aromatic carbocycles. The molecule has 24 heavy (non-hydrogen) atoms. The van der Waals surface area contributed by atoms with Crippen LogP contribution in [0.25, 0.3) is 0 Å². The number of rotatable bonds is 4. The van der Waals surface area contributed by atoms with Gasteiger partial charge in [-0.25, -0.2) is 9.18 Å². The number of ether oxygens (including phenoxy) is 1. The van der Waals surface area contributed by atoms with Crippen molar-refractivity contribution < 1.29 is 13.9 Å². The van der Waals surface area contributed by atoms with E-state index in [1.165, 1.54) is 10.9 Å². The van der Waals surface area contributed by atoms with Gasteiger partial charge >= 0.3 is 6.03 Å². The Labute approximate surface area is 143 Å². The molecule has 0 bridgehead atoms. The molecule has 1 aliphatic heterocycles. The molecule has 2 aromatic rings. The molecule has 8 heteroatoms. The van der Waals surface area contributed by atoms with Crippen molar-refractivity contribution in [3.63, 3.8) is 0 Å². The van der Waals surface area contributed by atoms with E-state index < -0.39 is 12.7 Å². The van der Waals surface area contributed by atoms with Crippen molar-refractivity contribution in [1.29, 1.82) is 0 Å². The normalized spacial score (nSPS) is 14.8. The van der Waals surface area contributed by atoms with Crippen LogP contribution in [0.3, 0.4) is 0 Å². The van der Waals surface area contributed by atoms with Gasteiger partial charge in [0, 0.05) is 18.2 Å². The van der Waals surface area contributed by atoms with Gasteiger partial charge in [-0.05, 0) is 19.9 Å². The minimum absolute atomic E-state index is 0.143. The first-order valence-electron chi connectivity index (χ1n) is 7.55. The summed E-state index contributed by atoms with van der Waals surface area (Å²) in [7, 11) is 0. The minimum Gasteiger partial charge on any atom is -0.485 e. The maximum Gasteiger partial charge on any atom is 0.323 e. The maximum absolute atomic E-state index is 12.3. The predicted octanol–water partition coefficient (Wildman–Crippen LogP) is 3.86. The zero-order chi connectivity index (χ0) is 17.3. The molecule has 1 aliphatic rings. The fraction of sp³-hybridized carbons (Fsp3) is 0.375. The van der Waals surface area contributed by atoms with Gasteiger partial charge in [-0.1, -0.05) is 17.7 Å². The van der Waals surface area contributed by atoms with Gasteiger partial charge in [-0.15, -0.1) is 0 Å². The average molecular weight is 353 g/mol. The molecule has 0 atom stereocenters. The number of aryl methyl sites for hydroxylation is 1. The Morgan fingerprint density at radius 3 is 3.00 bits per heavy atom. The van der Waals surface area contributed by atoms with Crippen LogP contribution in [0.1, 0.15) is 19.4 Å². The summed E-state index contributed by atoms with van der Waals surface area (Å²) in [6, 6.07) is 3.16. The summed E-state index contributed by atoms with van der Waals surface area (Å²) in [6.45, 7) is 3.57. The number of fused-ring (bicyclic) bond motifs is 1. The van der Waals surface area contributed by atoms with Crippen LogP contribution >= 0.6 is 11.6 Å². The SMILES string of the molecule is CC1(C)Cc2ccc(Cl)c(NC(=O)Nc3cnn(CCF)c3)c2O1. The number of hydrogen-bond acceptors (Lipinski definition) is 3. The van der Waals surface area contributed by atoms with Gasteiger partial charge in [0.2, 0.25) is 0 Å². The molecule has 2 heterocycles. The number of carbonyl (C=O) groups excluding carboxylic acids is 1. The first-order chi connectivity index (χ1) is 11.4. The van der Waals surface area contributed by atoms with E-state index in [0.29, 0.717) is 22.1 Å². The highest BCUT2D eigenvalue weighted by molar-refractivity contribution is 6.34. The lowest BCUT2D eigenvalue weighted by Crippen LogP contribution is -2.25. The third kappa shape index (κ3) is 3.46. The fourth-order valence-electron chi connectivity index (χ4n) is 2.66. The van der Waals surface area contributed by atoms with Gasteiger partial charge in [-0.3, -0.25) is 4.68 Å². The van der Waals surface area contributed by atoms with Crippen molar-refractivity contribution in [1.82, 2.24) is 9.78 Å². The highest BCUT2D eigenvalue weighted by Crippen LogP contribution is 2.44. The van der Waals surface area contributed by atoms with E-state index in [0.717, 1.165) is 12.0 Å². The lowest BCUT2D eigenvalue weighted by molar-refractivity contribution is 0.139. The Balaban J connectivity index is 1.74. The summed E-state index contributed by atoms with van der Waals surface area (Å²) in [5.41, 5.74) is 1.56. The van der Waals surface area contributed by atoms with Gasteiger partial charge in [-0.2, -0.15) is 5.10 Å². The van der Waals surface area contributed by atoms with E-state index in [1.807, 2.05) is 19.9 Å². The Morgan fingerprint density at radius 2 is 2.25 bits per heavy atom. The molecule has 2 N–H and O–H groups in total. The van der Waals surface area contributed by atoms with Crippen LogP contribution in [-0.2, 0) is 13.0 Å². The number of nitrogens with one attached hydrogen (secondary N) is 2. The highest BCUT2D eigenvalue weighted by atomic mass is 35.5. The molecule has 2 amide bonds. The second-order valence-corrected chi connectivity index (χ2v) is 6.62. The zero-order valence-corrected chi connectivity index (χ0v) is 14.2. The number of benzene rings is 1. The third-order valence-corrected chi connectivity index (χ3v) is 3.94. The second-order valence-electron chi connectivity index (χ2n) is 6.21. The van der Waals surface area contributed by atoms with Crippen LogP contribution in [0.4, 0.5) is 20.6 Å². The van der Waals surface area contributed by atoms with Crippen LogP contribution in [-0.4, -0.2) is 28.1 Å². The topological polar surface area (TPSA) is 68.2 Å². The zero-order valence-electron chi connectivity index (χ0n) is 13.4. The van der Waals surface area contributed by atoms with Gasteiger partial charge < -0.3 is 15.4 Å². The van der Waals surface area contributed by atoms with Crippen molar-refractivity contribution in [3.05, 3.63) is 35.1 Å². The van der Waals surface area contributed by atoms with Crippen LogP contribution in [0.5, 0.6) is 5.75 Å². The van der Waals surface area contributed by atoms with Crippen molar-refractivity contribution in [2.24, 2.45) is 0 Å². The number of hydrogen-bond donors (Lipinski definition) is 2. The van der Waals surface area contributed by atoms with Gasteiger partial charge in [0.05, 0.1) is 23.5 Å². The highest BCUT2D eigenvalue weighted by Gasteiger charge is 2.33. The Morgan fingerprint density at radius 1 is 1.46 bits per heavy atom. The molecule has 1 aromatic heterocycles. The summed E-state index contributed by atoms with van der Waals surface area (Å²) < 4.78 is 19.6. The van der Waals surface area contributed by atoms with Crippen LogP contribution in [0.15, 0.2) is 24.5 Å². The summed E-state index contributed by atoms with van der Waals surface area (Å²) >= 11 is 6.21. The monoisotopic (exact) mass is 352 g/mol. The molecule has 128 valence electrons. The first kappa shape index (κ1) is 16.6. The smallest absolute Gasteiger partial charge is 0.323 e. The standard InChI is InChI=1S/C16H18ClFN4O2/c1-16(2)7-10-3-4-12(17)13(14(10)24-16)21-15(23)20-11-8-19-22(9-11)6-5-18/h3-4,8-9H,5-7H2,1-2H3,(H2,20,21,23). The quantitative estimate of drug-likeness (QED) is 0.877. The van der Waals surface area contributed by atoms with Crippen molar-refractivity contribution >= 4 is 29.0 Å². The summed E-state index contributed by atoms with van der Waals surface area (Å²) in [6.07, 6.45) is 3.74. The molecule has 0 radical (unpaired) electrons. The largest absolute Gasteiger partial charge is 0.485 e. The number of aromatic nitrogens is 2. The molecular formula is C16H18ClFN4O2. The molecule has 0 saturated heterocycles. The lowest BCUT2D eigenvalue weighted by Gasteiger charge is -2.18.